The van der Waals surface area contributed by atoms with Crippen LogP contribution in [0.5, 0.6) is 11.5 Å². The molecule has 2 unspecified atom stereocenters. The number of carbonyl (C=O) groups excluding carboxylic acids is 1. The molecule has 1 aliphatic heterocycles. The molecule has 1 aliphatic rings. The van der Waals surface area contributed by atoms with Gasteiger partial charge in [0.25, 0.3) is 5.54 Å². The van der Waals surface area contributed by atoms with Crippen LogP contribution in [0.3, 0.4) is 0 Å². The standard InChI is InChI=1S/C16H21NO6/c1-4-22-15(18)8-11(2)16(17(19)20)9-12-13(21-3)6-5-7-14(12)23-10-16/h5-7,11H,4,8-10H2,1-3H3. The summed E-state index contributed by atoms with van der Waals surface area (Å²) in [6, 6.07) is 5.28. The summed E-state index contributed by atoms with van der Waals surface area (Å²) in [5.74, 6) is 0.170. The van der Waals surface area contributed by atoms with Gasteiger partial charge in [0.15, 0.2) is 6.61 Å². The minimum atomic E-state index is -1.38. The molecule has 2 rings (SSSR count). The van der Waals surface area contributed by atoms with E-state index in [0.717, 1.165) is 0 Å². The molecule has 2 atom stereocenters. The first-order chi connectivity index (χ1) is 10.9. The average Bonchev–Trinajstić information content (AvgIpc) is 2.53. The molecule has 0 saturated carbocycles. The predicted octanol–water partition coefficient (Wildman–Crippen LogP) is 2.23. The van der Waals surface area contributed by atoms with Gasteiger partial charge in [-0.25, -0.2) is 0 Å². The molecule has 0 radical (unpaired) electrons. The number of nitro groups is 1. The summed E-state index contributed by atoms with van der Waals surface area (Å²) in [6.45, 7) is 3.56. The molecule has 1 heterocycles. The zero-order valence-electron chi connectivity index (χ0n) is 13.5. The summed E-state index contributed by atoms with van der Waals surface area (Å²) < 4.78 is 15.8. The third kappa shape index (κ3) is 3.23. The van der Waals surface area contributed by atoms with Crippen LogP contribution < -0.4 is 9.47 Å². The fraction of sp³-hybridized carbons (Fsp3) is 0.562. The number of nitrogens with zero attached hydrogens (tertiary/aromatic N) is 1. The van der Waals surface area contributed by atoms with Gasteiger partial charge in [0, 0.05) is 16.4 Å². The van der Waals surface area contributed by atoms with Gasteiger partial charge in [-0.2, -0.15) is 0 Å². The topological polar surface area (TPSA) is 87.9 Å². The van der Waals surface area contributed by atoms with Crippen molar-refractivity contribution < 1.29 is 23.9 Å². The number of methoxy groups -OCH3 is 1. The van der Waals surface area contributed by atoms with Crippen LogP contribution in [-0.2, 0) is 16.0 Å². The van der Waals surface area contributed by atoms with E-state index >= 15 is 0 Å². The van der Waals surface area contributed by atoms with Gasteiger partial charge >= 0.3 is 5.97 Å². The predicted molar refractivity (Wildman–Crippen MR) is 82.3 cm³/mol. The quantitative estimate of drug-likeness (QED) is 0.453. The van der Waals surface area contributed by atoms with Gasteiger partial charge in [-0.05, 0) is 19.1 Å². The van der Waals surface area contributed by atoms with Crippen LogP contribution in [0, 0.1) is 16.0 Å². The maximum absolute atomic E-state index is 11.8. The van der Waals surface area contributed by atoms with Crippen LogP contribution in [0.1, 0.15) is 25.8 Å². The molecule has 0 aliphatic carbocycles. The van der Waals surface area contributed by atoms with E-state index in [2.05, 4.69) is 0 Å². The molecule has 0 N–H and O–H groups in total. The molecule has 0 amide bonds. The first-order valence-corrected chi connectivity index (χ1v) is 7.53. The van der Waals surface area contributed by atoms with Crippen molar-refractivity contribution in [3.05, 3.63) is 33.9 Å². The van der Waals surface area contributed by atoms with Gasteiger partial charge in [-0.3, -0.25) is 14.9 Å². The van der Waals surface area contributed by atoms with Crippen LogP contribution in [-0.4, -0.2) is 36.8 Å². The Morgan fingerprint density at radius 3 is 2.87 bits per heavy atom. The lowest BCUT2D eigenvalue weighted by atomic mass is 9.77. The molecule has 0 saturated heterocycles. The highest BCUT2D eigenvalue weighted by Gasteiger charge is 2.53. The van der Waals surface area contributed by atoms with Gasteiger partial charge in [-0.1, -0.05) is 13.0 Å². The molecule has 0 aromatic heterocycles. The molecule has 0 spiro atoms. The van der Waals surface area contributed by atoms with E-state index in [-0.39, 0.29) is 31.0 Å². The van der Waals surface area contributed by atoms with Crippen molar-refractivity contribution in [2.24, 2.45) is 5.92 Å². The summed E-state index contributed by atoms with van der Waals surface area (Å²) in [5, 5.41) is 11.8. The van der Waals surface area contributed by atoms with E-state index in [1.54, 1.807) is 32.0 Å². The van der Waals surface area contributed by atoms with E-state index in [4.69, 9.17) is 14.2 Å². The van der Waals surface area contributed by atoms with Crippen LogP contribution in [0.15, 0.2) is 18.2 Å². The molecule has 0 fully saturated rings. The Bertz CT molecular complexity index is 588. The van der Waals surface area contributed by atoms with Gasteiger partial charge in [-0.15, -0.1) is 0 Å². The van der Waals surface area contributed by atoms with E-state index in [9.17, 15) is 14.9 Å². The second kappa shape index (κ2) is 6.85. The van der Waals surface area contributed by atoms with E-state index in [1.165, 1.54) is 7.11 Å². The van der Waals surface area contributed by atoms with Crippen molar-refractivity contribution in [1.82, 2.24) is 0 Å². The number of fused-ring (bicyclic) bond motifs is 1. The Hall–Kier alpha value is -2.31. The van der Waals surface area contributed by atoms with Crippen LogP contribution in [0.2, 0.25) is 0 Å². The number of hydrogen-bond acceptors (Lipinski definition) is 6. The molecule has 7 nitrogen and oxygen atoms in total. The highest BCUT2D eigenvalue weighted by molar-refractivity contribution is 5.69. The number of carbonyl (C=O) groups is 1. The maximum atomic E-state index is 11.8. The van der Waals surface area contributed by atoms with Crippen LogP contribution >= 0.6 is 0 Å². The summed E-state index contributed by atoms with van der Waals surface area (Å²) in [6.07, 6.45) is 0.128. The molecule has 126 valence electrons. The highest BCUT2D eigenvalue weighted by Crippen LogP contribution is 2.41. The monoisotopic (exact) mass is 323 g/mol. The van der Waals surface area contributed by atoms with Gasteiger partial charge in [0.2, 0.25) is 0 Å². The zero-order valence-corrected chi connectivity index (χ0v) is 13.5. The Morgan fingerprint density at radius 1 is 1.52 bits per heavy atom. The SMILES string of the molecule is CCOC(=O)CC(C)C1([N+](=O)[O-])COc2cccc(OC)c2C1. The fourth-order valence-electron chi connectivity index (χ4n) is 2.88. The third-order valence-electron chi connectivity index (χ3n) is 4.33. The van der Waals surface area contributed by atoms with Crippen molar-refractivity contribution in [2.75, 3.05) is 20.3 Å². The zero-order chi connectivity index (χ0) is 17.0. The molecular weight excluding hydrogens is 302 g/mol. The Kier molecular flexibility index (Phi) is 5.08. The lowest BCUT2D eigenvalue weighted by Gasteiger charge is -2.35. The van der Waals surface area contributed by atoms with E-state index in [1.807, 2.05) is 0 Å². The van der Waals surface area contributed by atoms with Crippen molar-refractivity contribution in [3.63, 3.8) is 0 Å². The molecular formula is C16H21NO6. The maximum Gasteiger partial charge on any atom is 0.306 e. The molecule has 1 aromatic carbocycles. The van der Waals surface area contributed by atoms with Crippen molar-refractivity contribution in [2.45, 2.75) is 32.2 Å². The second-order valence-electron chi connectivity index (χ2n) is 5.67. The second-order valence-corrected chi connectivity index (χ2v) is 5.67. The van der Waals surface area contributed by atoms with Gasteiger partial charge in [0.1, 0.15) is 11.5 Å². The van der Waals surface area contributed by atoms with E-state index in [0.29, 0.717) is 17.1 Å². The number of hydrogen-bond donors (Lipinski definition) is 0. The number of esters is 1. The van der Waals surface area contributed by atoms with Crippen molar-refractivity contribution in [1.29, 1.82) is 0 Å². The minimum absolute atomic E-state index is 0.0251. The fourth-order valence-corrected chi connectivity index (χ4v) is 2.88. The third-order valence-corrected chi connectivity index (χ3v) is 4.33. The normalized spacial score (nSPS) is 20.8. The molecule has 1 aromatic rings. The van der Waals surface area contributed by atoms with Gasteiger partial charge < -0.3 is 14.2 Å². The number of ether oxygens (including phenoxy) is 3. The highest BCUT2D eigenvalue weighted by atomic mass is 16.6. The number of rotatable bonds is 6. The average molecular weight is 323 g/mol. The Balaban J connectivity index is 2.32. The first-order valence-electron chi connectivity index (χ1n) is 7.53. The lowest BCUT2D eigenvalue weighted by Crippen LogP contribution is -2.54. The van der Waals surface area contributed by atoms with Crippen LogP contribution in [0.25, 0.3) is 0 Å². The van der Waals surface area contributed by atoms with Gasteiger partial charge in [0.05, 0.1) is 26.6 Å². The lowest BCUT2D eigenvalue weighted by molar-refractivity contribution is -0.584. The Morgan fingerprint density at radius 2 is 2.26 bits per heavy atom. The molecule has 0 bridgehead atoms. The number of benzene rings is 1. The summed E-state index contributed by atoms with van der Waals surface area (Å²) >= 11 is 0. The van der Waals surface area contributed by atoms with Crippen molar-refractivity contribution in [3.8, 4) is 11.5 Å². The summed E-state index contributed by atoms with van der Waals surface area (Å²) in [4.78, 5) is 23.2. The molecule has 7 heteroatoms. The molecule has 23 heavy (non-hydrogen) atoms. The van der Waals surface area contributed by atoms with E-state index < -0.39 is 17.4 Å². The minimum Gasteiger partial charge on any atom is -0.496 e. The summed E-state index contributed by atoms with van der Waals surface area (Å²) in [5.41, 5.74) is -0.720. The first kappa shape index (κ1) is 17.1. The smallest absolute Gasteiger partial charge is 0.306 e. The largest absolute Gasteiger partial charge is 0.496 e. The van der Waals surface area contributed by atoms with Crippen molar-refractivity contribution >= 4 is 5.97 Å². The Labute approximate surface area is 134 Å². The summed E-state index contributed by atoms with van der Waals surface area (Å²) in [7, 11) is 1.51. The van der Waals surface area contributed by atoms with Crippen LogP contribution in [0.4, 0.5) is 0 Å².